The smallest absolute Gasteiger partial charge is 0.0593 e. The van der Waals surface area contributed by atoms with Crippen LogP contribution in [-0.4, -0.2) is 51.8 Å². The highest BCUT2D eigenvalue weighted by Crippen LogP contribution is 2.04. The molecular formula is C12H28N2O. The molecule has 0 aromatic carbocycles. The zero-order valence-corrected chi connectivity index (χ0v) is 10.9. The Morgan fingerprint density at radius 2 is 1.80 bits per heavy atom. The molecule has 15 heavy (non-hydrogen) atoms. The molecule has 0 saturated carbocycles. The molecule has 0 aliphatic rings. The van der Waals surface area contributed by atoms with E-state index in [-0.39, 0.29) is 0 Å². The largest absolute Gasteiger partial charge is 0.379 e. The standard InChI is InChI=1S/C12H28N2O/c1-5-12(6-2)11-13-7-9-15-10-8-14(3)4/h12-13H,5-11H2,1-4H3. The SMILES string of the molecule is CCC(CC)CNCCOCCN(C)C. The van der Waals surface area contributed by atoms with Crippen LogP contribution in [0.2, 0.25) is 0 Å². The predicted molar refractivity (Wildman–Crippen MR) is 66.3 cm³/mol. The first-order chi connectivity index (χ1) is 7.20. The van der Waals surface area contributed by atoms with Crippen LogP contribution in [0.1, 0.15) is 26.7 Å². The van der Waals surface area contributed by atoms with Crippen molar-refractivity contribution >= 4 is 0 Å². The molecule has 0 heterocycles. The van der Waals surface area contributed by atoms with Crippen molar-refractivity contribution in [3.8, 4) is 0 Å². The Morgan fingerprint density at radius 1 is 1.13 bits per heavy atom. The van der Waals surface area contributed by atoms with Gasteiger partial charge >= 0.3 is 0 Å². The molecule has 0 aliphatic carbocycles. The molecule has 0 atom stereocenters. The van der Waals surface area contributed by atoms with Gasteiger partial charge < -0.3 is 15.0 Å². The quantitative estimate of drug-likeness (QED) is 0.561. The minimum Gasteiger partial charge on any atom is -0.379 e. The van der Waals surface area contributed by atoms with Crippen LogP contribution >= 0.6 is 0 Å². The Morgan fingerprint density at radius 3 is 2.33 bits per heavy atom. The maximum Gasteiger partial charge on any atom is 0.0593 e. The number of ether oxygens (including phenoxy) is 1. The molecule has 1 N–H and O–H groups in total. The maximum atomic E-state index is 5.49. The molecule has 0 aromatic heterocycles. The number of nitrogens with zero attached hydrogens (tertiary/aromatic N) is 1. The minimum atomic E-state index is 0.826. The van der Waals surface area contributed by atoms with Gasteiger partial charge in [-0.25, -0.2) is 0 Å². The van der Waals surface area contributed by atoms with E-state index in [0.29, 0.717) is 0 Å². The predicted octanol–water partition coefficient (Wildman–Crippen LogP) is 1.59. The Hall–Kier alpha value is -0.120. The normalized spacial score (nSPS) is 11.6. The van der Waals surface area contributed by atoms with Gasteiger partial charge in [0.15, 0.2) is 0 Å². The van der Waals surface area contributed by atoms with E-state index >= 15 is 0 Å². The Balaban J connectivity index is 3.10. The van der Waals surface area contributed by atoms with E-state index < -0.39 is 0 Å². The van der Waals surface area contributed by atoms with Crippen LogP contribution in [0.3, 0.4) is 0 Å². The van der Waals surface area contributed by atoms with Crippen LogP contribution in [0.5, 0.6) is 0 Å². The summed E-state index contributed by atoms with van der Waals surface area (Å²) in [6.45, 7) is 9.28. The molecule has 0 amide bonds. The highest BCUT2D eigenvalue weighted by atomic mass is 16.5. The van der Waals surface area contributed by atoms with Crippen LogP contribution in [-0.2, 0) is 4.74 Å². The van der Waals surface area contributed by atoms with E-state index in [2.05, 4.69) is 38.2 Å². The fourth-order valence-corrected chi connectivity index (χ4v) is 1.38. The van der Waals surface area contributed by atoms with E-state index in [0.717, 1.165) is 38.8 Å². The molecule has 0 bridgehead atoms. The summed E-state index contributed by atoms with van der Waals surface area (Å²) in [5.41, 5.74) is 0. The fourth-order valence-electron chi connectivity index (χ4n) is 1.38. The average molecular weight is 216 g/mol. The molecule has 0 radical (unpaired) electrons. The first-order valence-corrected chi connectivity index (χ1v) is 6.13. The summed E-state index contributed by atoms with van der Waals surface area (Å²) in [7, 11) is 4.13. The monoisotopic (exact) mass is 216 g/mol. The molecule has 0 unspecified atom stereocenters. The van der Waals surface area contributed by atoms with Gasteiger partial charge in [0.2, 0.25) is 0 Å². The fraction of sp³-hybridized carbons (Fsp3) is 1.00. The zero-order valence-electron chi connectivity index (χ0n) is 10.9. The van der Waals surface area contributed by atoms with Crippen LogP contribution in [0, 0.1) is 5.92 Å². The Bertz CT molecular complexity index is 125. The summed E-state index contributed by atoms with van der Waals surface area (Å²) in [6, 6.07) is 0. The molecular weight excluding hydrogens is 188 g/mol. The van der Waals surface area contributed by atoms with Gasteiger partial charge in [0, 0.05) is 13.1 Å². The van der Waals surface area contributed by atoms with Crippen molar-refractivity contribution in [3.63, 3.8) is 0 Å². The lowest BCUT2D eigenvalue weighted by Gasteiger charge is -2.13. The minimum absolute atomic E-state index is 0.826. The third-order valence-corrected chi connectivity index (χ3v) is 2.69. The van der Waals surface area contributed by atoms with Crippen molar-refractivity contribution in [2.75, 3.05) is 46.9 Å². The van der Waals surface area contributed by atoms with E-state index in [9.17, 15) is 0 Å². The summed E-state index contributed by atoms with van der Waals surface area (Å²) >= 11 is 0. The molecule has 92 valence electrons. The summed E-state index contributed by atoms with van der Waals surface area (Å²) in [5.74, 6) is 0.826. The van der Waals surface area contributed by atoms with Gasteiger partial charge in [-0.1, -0.05) is 26.7 Å². The van der Waals surface area contributed by atoms with Crippen molar-refractivity contribution in [2.24, 2.45) is 5.92 Å². The summed E-state index contributed by atoms with van der Waals surface area (Å²) in [5, 5.41) is 3.44. The van der Waals surface area contributed by atoms with Crippen molar-refractivity contribution in [3.05, 3.63) is 0 Å². The number of rotatable bonds is 10. The van der Waals surface area contributed by atoms with Gasteiger partial charge in [0.05, 0.1) is 13.2 Å². The molecule has 0 aliphatic heterocycles. The van der Waals surface area contributed by atoms with Crippen molar-refractivity contribution in [2.45, 2.75) is 26.7 Å². The molecule has 3 heteroatoms. The molecule has 0 rings (SSSR count). The van der Waals surface area contributed by atoms with E-state index in [1.54, 1.807) is 0 Å². The second-order valence-corrected chi connectivity index (χ2v) is 4.30. The Labute approximate surface area is 95.2 Å². The lowest BCUT2D eigenvalue weighted by molar-refractivity contribution is 0.118. The van der Waals surface area contributed by atoms with Crippen LogP contribution in [0.15, 0.2) is 0 Å². The van der Waals surface area contributed by atoms with Crippen molar-refractivity contribution in [1.29, 1.82) is 0 Å². The topological polar surface area (TPSA) is 24.5 Å². The van der Waals surface area contributed by atoms with Crippen molar-refractivity contribution in [1.82, 2.24) is 10.2 Å². The van der Waals surface area contributed by atoms with Crippen LogP contribution in [0.25, 0.3) is 0 Å². The van der Waals surface area contributed by atoms with E-state index in [4.69, 9.17) is 4.74 Å². The first kappa shape index (κ1) is 14.9. The van der Waals surface area contributed by atoms with Gasteiger partial charge in [-0.3, -0.25) is 0 Å². The van der Waals surface area contributed by atoms with Gasteiger partial charge in [-0.2, -0.15) is 0 Å². The second kappa shape index (κ2) is 10.4. The summed E-state index contributed by atoms with van der Waals surface area (Å²) in [4.78, 5) is 2.14. The number of hydrogen-bond acceptors (Lipinski definition) is 3. The lowest BCUT2D eigenvalue weighted by Crippen LogP contribution is -2.27. The molecule has 0 spiro atoms. The lowest BCUT2D eigenvalue weighted by atomic mass is 10.0. The molecule has 0 fully saturated rings. The summed E-state index contributed by atoms with van der Waals surface area (Å²) < 4.78 is 5.49. The number of likely N-dealkylation sites (N-methyl/N-ethyl adjacent to an activating group) is 1. The zero-order chi connectivity index (χ0) is 11.5. The van der Waals surface area contributed by atoms with Crippen LogP contribution in [0.4, 0.5) is 0 Å². The number of hydrogen-bond donors (Lipinski definition) is 1. The first-order valence-electron chi connectivity index (χ1n) is 6.13. The average Bonchev–Trinajstić information content (AvgIpc) is 2.22. The third-order valence-electron chi connectivity index (χ3n) is 2.69. The molecule has 0 saturated heterocycles. The van der Waals surface area contributed by atoms with E-state index in [1.807, 2.05) is 0 Å². The third kappa shape index (κ3) is 10.2. The van der Waals surface area contributed by atoms with Gasteiger partial charge in [-0.15, -0.1) is 0 Å². The van der Waals surface area contributed by atoms with Gasteiger partial charge in [0.25, 0.3) is 0 Å². The van der Waals surface area contributed by atoms with Gasteiger partial charge in [0.1, 0.15) is 0 Å². The Kier molecular flexibility index (Phi) is 10.3. The second-order valence-electron chi connectivity index (χ2n) is 4.30. The maximum absolute atomic E-state index is 5.49. The van der Waals surface area contributed by atoms with Crippen molar-refractivity contribution < 1.29 is 4.74 Å². The summed E-state index contributed by atoms with van der Waals surface area (Å²) in [6.07, 6.45) is 2.54. The molecule has 0 aromatic rings. The molecule has 3 nitrogen and oxygen atoms in total. The highest BCUT2D eigenvalue weighted by Gasteiger charge is 2.01. The number of nitrogens with one attached hydrogen (secondary N) is 1. The van der Waals surface area contributed by atoms with E-state index in [1.165, 1.54) is 12.8 Å². The van der Waals surface area contributed by atoms with Crippen LogP contribution < -0.4 is 5.32 Å². The van der Waals surface area contributed by atoms with Gasteiger partial charge in [-0.05, 0) is 26.6 Å². The highest BCUT2D eigenvalue weighted by molar-refractivity contribution is 4.58.